The van der Waals surface area contributed by atoms with E-state index in [4.69, 9.17) is 18.9 Å². The first-order valence-electron chi connectivity index (χ1n) is 8.10. The zero-order valence-corrected chi connectivity index (χ0v) is 14.6. The molecule has 1 aromatic rings. The van der Waals surface area contributed by atoms with E-state index in [1.54, 1.807) is 45.4 Å². The highest BCUT2D eigenvalue weighted by Crippen LogP contribution is 2.26. The lowest BCUT2D eigenvalue weighted by Crippen LogP contribution is -2.36. The number of hydrogen-bond donors (Lipinski definition) is 2. The first-order valence-corrected chi connectivity index (χ1v) is 8.10. The number of carbonyl (C=O) groups excluding carboxylic acids is 2. The first-order chi connectivity index (χ1) is 12.1. The van der Waals surface area contributed by atoms with Crippen LogP contribution < -0.4 is 10.6 Å². The van der Waals surface area contributed by atoms with Crippen molar-refractivity contribution in [3.05, 3.63) is 29.8 Å². The van der Waals surface area contributed by atoms with Gasteiger partial charge in [0.2, 0.25) is 0 Å². The largest absolute Gasteiger partial charge is 0.462 e. The minimum Gasteiger partial charge on any atom is -0.462 e. The number of nitrogens with one attached hydrogen (secondary N) is 2. The summed E-state index contributed by atoms with van der Waals surface area (Å²) in [6.45, 7) is 2.46. The molecule has 1 saturated heterocycles. The number of urea groups is 1. The molecule has 8 nitrogen and oxygen atoms in total. The van der Waals surface area contributed by atoms with Crippen molar-refractivity contribution in [2.75, 3.05) is 32.7 Å². The Morgan fingerprint density at radius 2 is 1.92 bits per heavy atom. The molecule has 2 amide bonds. The second kappa shape index (κ2) is 9.36. The Bertz CT molecular complexity index is 577. The summed E-state index contributed by atoms with van der Waals surface area (Å²) in [4.78, 5) is 23.6. The van der Waals surface area contributed by atoms with E-state index in [-0.39, 0.29) is 18.2 Å². The van der Waals surface area contributed by atoms with E-state index >= 15 is 0 Å². The highest BCUT2D eigenvalue weighted by Gasteiger charge is 2.35. The molecule has 0 spiro atoms. The van der Waals surface area contributed by atoms with Crippen molar-refractivity contribution in [1.82, 2.24) is 5.32 Å². The summed E-state index contributed by atoms with van der Waals surface area (Å²) in [6.07, 6.45) is -0.0897. The van der Waals surface area contributed by atoms with Crippen molar-refractivity contribution < 1.29 is 28.5 Å². The molecule has 0 radical (unpaired) electrons. The molecule has 1 heterocycles. The predicted molar refractivity (Wildman–Crippen MR) is 90.2 cm³/mol. The van der Waals surface area contributed by atoms with Gasteiger partial charge in [0.05, 0.1) is 12.2 Å². The van der Waals surface area contributed by atoms with Gasteiger partial charge >= 0.3 is 12.0 Å². The Morgan fingerprint density at radius 3 is 2.52 bits per heavy atom. The lowest BCUT2D eigenvalue weighted by Gasteiger charge is -2.17. The van der Waals surface area contributed by atoms with Crippen LogP contribution in [0, 0.1) is 5.92 Å². The molecule has 1 fully saturated rings. The second-order valence-electron chi connectivity index (χ2n) is 5.53. The van der Waals surface area contributed by atoms with Crippen molar-refractivity contribution >= 4 is 17.7 Å². The summed E-state index contributed by atoms with van der Waals surface area (Å²) in [5.41, 5.74) is 1.01. The maximum atomic E-state index is 12.0. The maximum Gasteiger partial charge on any atom is 0.338 e. The summed E-state index contributed by atoms with van der Waals surface area (Å²) in [5.74, 6) is -0.384. The van der Waals surface area contributed by atoms with Crippen LogP contribution in [0.3, 0.4) is 0 Å². The van der Waals surface area contributed by atoms with Crippen molar-refractivity contribution in [2.24, 2.45) is 5.92 Å². The smallest absolute Gasteiger partial charge is 0.338 e. The highest BCUT2D eigenvalue weighted by molar-refractivity contribution is 5.92. The fourth-order valence-corrected chi connectivity index (χ4v) is 2.56. The van der Waals surface area contributed by atoms with E-state index in [0.29, 0.717) is 30.8 Å². The normalized spacial score (nSPS) is 22.4. The molecule has 138 valence electrons. The summed E-state index contributed by atoms with van der Waals surface area (Å²) in [5, 5.41) is 5.49. The molecule has 0 saturated carbocycles. The molecule has 0 bridgehead atoms. The standard InChI is InChI=1S/C17H24N2O6/c1-4-24-15(20)11-5-7-13(8-6-11)19-17(21)18-10-12-9-14(22-2)25-16(12)23-3/h5-8,12,14,16H,4,9-10H2,1-3H3,(H2,18,19,21). The first kappa shape index (κ1) is 19.2. The second-order valence-corrected chi connectivity index (χ2v) is 5.53. The quantitative estimate of drug-likeness (QED) is 0.729. The summed E-state index contributed by atoms with van der Waals surface area (Å²) in [6, 6.07) is 6.14. The van der Waals surface area contributed by atoms with Gasteiger partial charge in [-0.25, -0.2) is 9.59 Å². The lowest BCUT2D eigenvalue weighted by atomic mass is 10.1. The van der Waals surface area contributed by atoms with Gasteiger partial charge in [-0.05, 0) is 31.2 Å². The Balaban J connectivity index is 1.81. The van der Waals surface area contributed by atoms with Crippen LogP contribution in [0.1, 0.15) is 23.7 Å². The summed E-state index contributed by atoms with van der Waals surface area (Å²) in [7, 11) is 3.13. The Labute approximate surface area is 146 Å². The number of hydrogen-bond acceptors (Lipinski definition) is 6. The molecule has 2 N–H and O–H groups in total. The van der Waals surface area contributed by atoms with Crippen LogP contribution >= 0.6 is 0 Å². The molecule has 3 atom stereocenters. The van der Waals surface area contributed by atoms with Crippen LogP contribution in [-0.4, -0.2) is 52.0 Å². The third-order valence-electron chi connectivity index (χ3n) is 3.84. The van der Waals surface area contributed by atoms with E-state index in [1.807, 2.05) is 0 Å². The van der Waals surface area contributed by atoms with Crippen LogP contribution in [0.25, 0.3) is 0 Å². The molecule has 8 heteroatoms. The van der Waals surface area contributed by atoms with Gasteiger partial charge < -0.3 is 29.6 Å². The molecule has 1 aliphatic rings. The number of rotatable bonds is 7. The van der Waals surface area contributed by atoms with E-state index < -0.39 is 12.3 Å². The van der Waals surface area contributed by atoms with E-state index in [0.717, 1.165) is 0 Å². The van der Waals surface area contributed by atoms with Gasteiger partial charge in [-0.1, -0.05) is 0 Å². The molecule has 25 heavy (non-hydrogen) atoms. The molecule has 1 aromatic carbocycles. The van der Waals surface area contributed by atoms with Gasteiger partial charge in [0.15, 0.2) is 12.6 Å². The number of ether oxygens (including phenoxy) is 4. The molecule has 0 aliphatic carbocycles. The van der Waals surface area contributed by atoms with E-state index in [9.17, 15) is 9.59 Å². The molecular formula is C17H24N2O6. The average molecular weight is 352 g/mol. The number of anilines is 1. The van der Waals surface area contributed by atoms with Crippen LogP contribution in [-0.2, 0) is 18.9 Å². The van der Waals surface area contributed by atoms with Gasteiger partial charge in [0.1, 0.15) is 0 Å². The van der Waals surface area contributed by atoms with Crippen molar-refractivity contribution in [1.29, 1.82) is 0 Å². The van der Waals surface area contributed by atoms with Crippen LogP contribution in [0.5, 0.6) is 0 Å². The number of methoxy groups -OCH3 is 2. The minimum atomic E-state index is -0.408. The Hall–Kier alpha value is -2.16. The fourth-order valence-electron chi connectivity index (χ4n) is 2.56. The molecular weight excluding hydrogens is 328 g/mol. The third kappa shape index (κ3) is 5.42. The van der Waals surface area contributed by atoms with Gasteiger partial charge in [0, 0.05) is 38.8 Å². The van der Waals surface area contributed by atoms with Crippen molar-refractivity contribution in [2.45, 2.75) is 25.9 Å². The van der Waals surface area contributed by atoms with E-state index in [1.165, 1.54) is 0 Å². The zero-order chi connectivity index (χ0) is 18.2. The number of amides is 2. The topological polar surface area (TPSA) is 95.1 Å². The summed E-state index contributed by atoms with van der Waals surface area (Å²) < 4.78 is 20.8. The van der Waals surface area contributed by atoms with E-state index in [2.05, 4.69) is 10.6 Å². The van der Waals surface area contributed by atoms with Crippen molar-refractivity contribution in [3.63, 3.8) is 0 Å². The highest BCUT2D eigenvalue weighted by atomic mass is 16.8. The van der Waals surface area contributed by atoms with Gasteiger partial charge in [-0.15, -0.1) is 0 Å². The van der Waals surface area contributed by atoms with Gasteiger partial charge in [-0.2, -0.15) is 0 Å². The number of benzene rings is 1. The summed E-state index contributed by atoms with van der Waals surface area (Å²) >= 11 is 0. The SMILES string of the molecule is CCOC(=O)c1ccc(NC(=O)NCC2CC(OC)OC2OC)cc1. The fraction of sp³-hybridized carbons (Fsp3) is 0.529. The molecule has 0 aromatic heterocycles. The van der Waals surface area contributed by atoms with Crippen LogP contribution in [0.4, 0.5) is 10.5 Å². The molecule has 3 unspecified atom stereocenters. The molecule has 1 aliphatic heterocycles. The Morgan fingerprint density at radius 1 is 1.20 bits per heavy atom. The van der Waals surface area contributed by atoms with Crippen LogP contribution in [0.2, 0.25) is 0 Å². The van der Waals surface area contributed by atoms with Gasteiger partial charge in [0.25, 0.3) is 0 Å². The monoisotopic (exact) mass is 352 g/mol. The Kier molecular flexibility index (Phi) is 7.17. The maximum absolute atomic E-state index is 12.0. The van der Waals surface area contributed by atoms with Crippen LogP contribution in [0.15, 0.2) is 24.3 Å². The zero-order valence-electron chi connectivity index (χ0n) is 14.6. The minimum absolute atomic E-state index is 0.00638. The predicted octanol–water partition coefficient (Wildman–Crippen LogP) is 1.97. The number of carbonyl (C=O) groups is 2. The van der Waals surface area contributed by atoms with Gasteiger partial charge in [-0.3, -0.25) is 0 Å². The average Bonchev–Trinajstić information content (AvgIpc) is 3.03. The number of esters is 1. The third-order valence-corrected chi connectivity index (χ3v) is 3.84. The molecule has 2 rings (SSSR count). The van der Waals surface area contributed by atoms with Crippen molar-refractivity contribution in [3.8, 4) is 0 Å². The lowest BCUT2D eigenvalue weighted by molar-refractivity contribution is -0.192.